The maximum Gasteiger partial charge on any atom is 0.230 e. The summed E-state index contributed by atoms with van der Waals surface area (Å²) >= 11 is 0. The molecule has 2 fully saturated rings. The quantitative estimate of drug-likeness (QED) is 0.913. The monoisotopic (exact) mass is 273 g/mol. The Balaban J connectivity index is 1.61. The molecule has 1 N–H and O–H groups in total. The average molecular weight is 273 g/mol. The molecule has 1 saturated carbocycles. The van der Waals surface area contributed by atoms with Gasteiger partial charge in [-0.1, -0.05) is 18.9 Å². The number of hydrogen-bond acceptors (Lipinski definition) is 3. The largest absolute Gasteiger partial charge is 0.339 e. The predicted octanol–water partition coefficient (Wildman–Crippen LogP) is 1.81. The molecule has 1 aromatic rings. The van der Waals surface area contributed by atoms with Crippen molar-refractivity contribution in [2.45, 2.75) is 38.1 Å². The van der Waals surface area contributed by atoms with Gasteiger partial charge in [0.15, 0.2) is 0 Å². The van der Waals surface area contributed by atoms with Gasteiger partial charge in [-0.3, -0.25) is 9.59 Å². The molecule has 1 aromatic heterocycles. The number of aromatic nitrogens is 1. The van der Waals surface area contributed by atoms with Gasteiger partial charge in [-0.15, -0.1) is 0 Å². The smallest absolute Gasteiger partial charge is 0.230 e. The molecule has 0 bridgehead atoms. The van der Waals surface area contributed by atoms with E-state index in [0.29, 0.717) is 24.8 Å². The van der Waals surface area contributed by atoms with Crippen LogP contribution in [0.2, 0.25) is 0 Å². The Morgan fingerprint density at radius 1 is 1.30 bits per heavy atom. The van der Waals surface area contributed by atoms with Crippen LogP contribution in [0.4, 0.5) is 5.82 Å². The third-order valence-electron chi connectivity index (χ3n) is 4.21. The van der Waals surface area contributed by atoms with Gasteiger partial charge >= 0.3 is 0 Å². The SMILES string of the molecule is O=C(Nc1ccccn1)[C@@H]1CC(=O)N(C2CCCC2)C1. The molecule has 106 valence electrons. The summed E-state index contributed by atoms with van der Waals surface area (Å²) in [5, 5.41) is 2.79. The number of nitrogens with one attached hydrogen (secondary N) is 1. The summed E-state index contributed by atoms with van der Waals surface area (Å²) in [6.07, 6.45) is 6.52. The molecule has 0 radical (unpaired) electrons. The first-order chi connectivity index (χ1) is 9.74. The number of rotatable bonds is 3. The fraction of sp³-hybridized carbons (Fsp3) is 0.533. The first-order valence-corrected chi connectivity index (χ1v) is 7.25. The molecule has 20 heavy (non-hydrogen) atoms. The van der Waals surface area contributed by atoms with Crippen LogP contribution in [0.1, 0.15) is 32.1 Å². The summed E-state index contributed by atoms with van der Waals surface area (Å²) in [5.41, 5.74) is 0. The fourth-order valence-corrected chi connectivity index (χ4v) is 3.14. The van der Waals surface area contributed by atoms with Crippen molar-refractivity contribution in [2.75, 3.05) is 11.9 Å². The van der Waals surface area contributed by atoms with Crippen molar-refractivity contribution in [3.8, 4) is 0 Å². The lowest BCUT2D eigenvalue weighted by atomic mass is 10.1. The highest BCUT2D eigenvalue weighted by atomic mass is 16.2. The number of amides is 2. The number of pyridine rings is 1. The third-order valence-corrected chi connectivity index (χ3v) is 4.21. The zero-order valence-electron chi connectivity index (χ0n) is 11.4. The molecule has 0 unspecified atom stereocenters. The Morgan fingerprint density at radius 3 is 2.80 bits per heavy atom. The molecular weight excluding hydrogens is 254 g/mol. The van der Waals surface area contributed by atoms with Gasteiger partial charge in [0, 0.05) is 25.2 Å². The normalized spacial score (nSPS) is 23.3. The van der Waals surface area contributed by atoms with Gasteiger partial charge in [-0.05, 0) is 25.0 Å². The molecule has 5 heteroatoms. The molecule has 5 nitrogen and oxygen atoms in total. The van der Waals surface area contributed by atoms with Crippen molar-refractivity contribution < 1.29 is 9.59 Å². The zero-order valence-corrected chi connectivity index (χ0v) is 11.4. The van der Waals surface area contributed by atoms with E-state index in [4.69, 9.17) is 0 Å². The van der Waals surface area contributed by atoms with Crippen LogP contribution in [-0.2, 0) is 9.59 Å². The summed E-state index contributed by atoms with van der Waals surface area (Å²) in [6, 6.07) is 5.74. The number of carbonyl (C=O) groups excluding carboxylic acids is 2. The van der Waals surface area contributed by atoms with Crippen LogP contribution in [-0.4, -0.2) is 34.3 Å². The minimum absolute atomic E-state index is 0.0995. The molecule has 2 amide bonds. The van der Waals surface area contributed by atoms with E-state index in [1.807, 2.05) is 11.0 Å². The lowest BCUT2D eigenvalue weighted by Crippen LogP contribution is -2.35. The minimum atomic E-state index is -0.245. The molecular formula is C15H19N3O2. The van der Waals surface area contributed by atoms with Crippen molar-refractivity contribution in [1.82, 2.24) is 9.88 Å². The van der Waals surface area contributed by atoms with Gasteiger partial charge < -0.3 is 10.2 Å². The Bertz CT molecular complexity index is 497. The molecule has 1 saturated heterocycles. The van der Waals surface area contributed by atoms with Gasteiger partial charge in [-0.25, -0.2) is 4.98 Å². The van der Waals surface area contributed by atoms with Crippen molar-refractivity contribution in [3.63, 3.8) is 0 Å². The third kappa shape index (κ3) is 2.66. The first kappa shape index (κ1) is 13.1. The van der Waals surface area contributed by atoms with E-state index in [9.17, 15) is 9.59 Å². The number of anilines is 1. The second-order valence-electron chi connectivity index (χ2n) is 5.59. The maximum atomic E-state index is 12.2. The van der Waals surface area contributed by atoms with Crippen LogP contribution in [0.25, 0.3) is 0 Å². The van der Waals surface area contributed by atoms with Gasteiger partial charge in [0.25, 0.3) is 0 Å². The van der Waals surface area contributed by atoms with E-state index >= 15 is 0 Å². The Kier molecular flexibility index (Phi) is 3.67. The van der Waals surface area contributed by atoms with E-state index < -0.39 is 0 Å². The Morgan fingerprint density at radius 2 is 2.10 bits per heavy atom. The van der Waals surface area contributed by atoms with Gasteiger partial charge in [0.1, 0.15) is 5.82 Å². The van der Waals surface area contributed by atoms with Crippen molar-refractivity contribution >= 4 is 17.6 Å². The number of likely N-dealkylation sites (tertiary alicyclic amines) is 1. The average Bonchev–Trinajstić information content (AvgIpc) is 3.08. The van der Waals surface area contributed by atoms with E-state index in [1.54, 1.807) is 18.3 Å². The van der Waals surface area contributed by atoms with E-state index in [1.165, 1.54) is 12.8 Å². The second kappa shape index (κ2) is 5.61. The summed E-state index contributed by atoms with van der Waals surface area (Å²) in [5.74, 6) is 0.324. The Labute approximate surface area is 118 Å². The van der Waals surface area contributed by atoms with Crippen LogP contribution >= 0.6 is 0 Å². The summed E-state index contributed by atoms with van der Waals surface area (Å²) < 4.78 is 0. The highest BCUT2D eigenvalue weighted by molar-refractivity contribution is 5.96. The maximum absolute atomic E-state index is 12.2. The van der Waals surface area contributed by atoms with E-state index in [0.717, 1.165) is 12.8 Å². The molecule has 2 heterocycles. The van der Waals surface area contributed by atoms with E-state index in [-0.39, 0.29) is 17.7 Å². The van der Waals surface area contributed by atoms with Crippen LogP contribution in [0, 0.1) is 5.92 Å². The van der Waals surface area contributed by atoms with Gasteiger partial charge in [-0.2, -0.15) is 0 Å². The van der Waals surface area contributed by atoms with Crippen LogP contribution < -0.4 is 5.32 Å². The number of hydrogen-bond donors (Lipinski definition) is 1. The van der Waals surface area contributed by atoms with Crippen LogP contribution in [0.15, 0.2) is 24.4 Å². The standard InChI is InChI=1S/C15H19N3O2/c19-14-9-11(10-18(14)12-5-1-2-6-12)15(20)17-13-7-3-4-8-16-13/h3-4,7-8,11-12H,1-2,5-6,9-10H2,(H,16,17,20)/t11-/m1/s1. The Hall–Kier alpha value is -1.91. The fourth-order valence-electron chi connectivity index (χ4n) is 3.14. The summed E-state index contributed by atoms with van der Waals surface area (Å²) in [7, 11) is 0. The van der Waals surface area contributed by atoms with Crippen LogP contribution in [0.3, 0.4) is 0 Å². The highest BCUT2D eigenvalue weighted by Gasteiger charge is 2.38. The predicted molar refractivity (Wildman–Crippen MR) is 74.9 cm³/mol. The van der Waals surface area contributed by atoms with E-state index in [2.05, 4.69) is 10.3 Å². The topological polar surface area (TPSA) is 62.3 Å². The summed E-state index contributed by atoms with van der Waals surface area (Å²) in [4.78, 5) is 30.2. The molecule has 3 rings (SSSR count). The molecule has 1 aliphatic carbocycles. The molecule has 0 aromatic carbocycles. The number of nitrogens with zero attached hydrogens (tertiary/aromatic N) is 2. The second-order valence-corrected chi connectivity index (χ2v) is 5.59. The van der Waals surface area contributed by atoms with Gasteiger partial charge in [0.05, 0.1) is 5.92 Å². The molecule has 0 spiro atoms. The first-order valence-electron chi connectivity index (χ1n) is 7.25. The van der Waals surface area contributed by atoms with Crippen molar-refractivity contribution in [3.05, 3.63) is 24.4 Å². The zero-order chi connectivity index (χ0) is 13.9. The minimum Gasteiger partial charge on any atom is -0.339 e. The molecule has 2 aliphatic rings. The lowest BCUT2D eigenvalue weighted by molar-refractivity contribution is -0.129. The molecule has 1 aliphatic heterocycles. The number of carbonyl (C=O) groups is 2. The van der Waals surface area contributed by atoms with Crippen molar-refractivity contribution in [2.24, 2.45) is 5.92 Å². The lowest BCUT2D eigenvalue weighted by Gasteiger charge is -2.23. The van der Waals surface area contributed by atoms with Gasteiger partial charge in [0.2, 0.25) is 11.8 Å². The molecule has 1 atom stereocenters. The van der Waals surface area contributed by atoms with Crippen molar-refractivity contribution in [1.29, 1.82) is 0 Å². The van der Waals surface area contributed by atoms with Crippen LogP contribution in [0.5, 0.6) is 0 Å². The highest BCUT2D eigenvalue weighted by Crippen LogP contribution is 2.29. The summed E-state index contributed by atoms with van der Waals surface area (Å²) in [6.45, 7) is 0.558.